The number of nitrogens with one attached hydrogen (secondary N) is 1. The van der Waals surface area contributed by atoms with Gasteiger partial charge in [0.2, 0.25) is 0 Å². The van der Waals surface area contributed by atoms with Crippen molar-refractivity contribution >= 4 is 28.8 Å². The Hall–Kier alpha value is -1.69. The molecular formula is C23H38N2O3S. The van der Waals surface area contributed by atoms with Crippen LogP contribution in [0.15, 0.2) is 24.3 Å². The van der Waals surface area contributed by atoms with Gasteiger partial charge < -0.3 is 10.1 Å². The lowest BCUT2D eigenvalue weighted by Gasteiger charge is -2.09. The lowest BCUT2D eigenvalue weighted by molar-refractivity contribution is -0.384. The number of anilines is 1. The minimum Gasteiger partial charge on any atom is -0.471 e. The molecule has 0 aliphatic carbocycles. The van der Waals surface area contributed by atoms with E-state index in [9.17, 15) is 10.1 Å². The topological polar surface area (TPSA) is 64.4 Å². The maximum absolute atomic E-state index is 10.6. The molecule has 0 unspecified atom stereocenters. The first-order valence-electron chi connectivity index (χ1n) is 11.3. The number of thiocarbonyl (C=S) groups is 1. The van der Waals surface area contributed by atoms with Gasteiger partial charge in [0.15, 0.2) is 0 Å². The highest BCUT2D eigenvalue weighted by molar-refractivity contribution is 7.80. The molecule has 0 bridgehead atoms. The lowest BCUT2D eigenvalue weighted by atomic mass is 10.0. The third kappa shape index (κ3) is 14.0. The van der Waals surface area contributed by atoms with Crippen LogP contribution in [0.2, 0.25) is 0 Å². The Balaban J connectivity index is 1.88. The van der Waals surface area contributed by atoms with Crippen molar-refractivity contribution in [2.75, 3.05) is 11.9 Å². The van der Waals surface area contributed by atoms with E-state index in [4.69, 9.17) is 17.0 Å². The van der Waals surface area contributed by atoms with Gasteiger partial charge in [-0.05, 0) is 30.8 Å². The number of nitro groups is 1. The van der Waals surface area contributed by atoms with Crippen LogP contribution in [-0.2, 0) is 4.74 Å². The van der Waals surface area contributed by atoms with Crippen LogP contribution in [0.3, 0.4) is 0 Å². The van der Waals surface area contributed by atoms with Gasteiger partial charge in [-0.3, -0.25) is 10.1 Å². The molecule has 0 radical (unpaired) electrons. The predicted octanol–water partition coefficient (Wildman–Crippen LogP) is 7.79. The summed E-state index contributed by atoms with van der Waals surface area (Å²) < 4.78 is 5.52. The maximum Gasteiger partial charge on any atom is 0.269 e. The van der Waals surface area contributed by atoms with Gasteiger partial charge >= 0.3 is 0 Å². The summed E-state index contributed by atoms with van der Waals surface area (Å²) in [5, 5.41) is 13.9. The quantitative estimate of drug-likeness (QED) is 0.120. The van der Waals surface area contributed by atoms with E-state index >= 15 is 0 Å². The third-order valence-electron chi connectivity index (χ3n) is 5.06. The summed E-state index contributed by atoms with van der Waals surface area (Å²) in [7, 11) is 0. The number of hydrogen-bond donors (Lipinski definition) is 1. The largest absolute Gasteiger partial charge is 0.471 e. The smallest absolute Gasteiger partial charge is 0.269 e. The first-order valence-corrected chi connectivity index (χ1v) is 11.7. The summed E-state index contributed by atoms with van der Waals surface area (Å²) in [6.45, 7) is 2.88. The molecule has 0 saturated heterocycles. The van der Waals surface area contributed by atoms with Gasteiger partial charge in [-0.25, -0.2) is 0 Å². The first-order chi connectivity index (χ1) is 14.1. The fourth-order valence-electron chi connectivity index (χ4n) is 3.28. The molecule has 1 aromatic rings. The van der Waals surface area contributed by atoms with Crippen molar-refractivity contribution in [1.29, 1.82) is 0 Å². The number of rotatable bonds is 17. The molecule has 6 heteroatoms. The molecule has 1 rings (SSSR count). The van der Waals surface area contributed by atoms with Crippen LogP contribution in [0.5, 0.6) is 0 Å². The molecule has 0 aliphatic heterocycles. The van der Waals surface area contributed by atoms with Crippen molar-refractivity contribution < 1.29 is 9.66 Å². The first kappa shape index (κ1) is 25.3. The van der Waals surface area contributed by atoms with Gasteiger partial charge in [-0.1, -0.05) is 90.4 Å². The molecule has 5 nitrogen and oxygen atoms in total. The van der Waals surface area contributed by atoms with Crippen LogP contribution in [0, 0.1) is 10.1 Å². The minimum absolute atomic E-state index is 0.0600. The molecule has 0 atom stereocenters. The van der Waals surface area contributed by atoms with Crippen molar-refractivity contribution in [1.82, 2.24) is 0 Å². The van der Waals surface area contributed by atoms with Crippen molar-refractivity contribution in [3.63, 3.8) is 0 Å². The number of unbranched alkanes of at least 4 members (excludes halogenated alkanes) is 13. The molecule has 1 N–H and O–H groups in total. The van der Waals surface area contributed by atoms with Gasteiger partial charge in [0.1, 0.15) is 0 Å². The van der Waals surface area contributed by atoms with Crippen LogP contribution in [0.25, 0.3) is 0 Å². The summed E-state index contributed by atoms with van der Waals surface area (Å²) >= 11 is 5.15. The SMILES string of the molecule is CCCCCCCCCCCCCCCCOC(=S)Nc1ccc([N+](=O)[O-])cc1. The highest BCUT2D eigenvalue weighted by Crippen LogP contribution is 2.16. The maximum atomic E-state index is 10.6. The van der Waals surface area contributed by atoms with E-state index in [1.54, 1.807) is 12.1 Å². The normalized spacial score (nSPS) is 10.7. The Morgan fingerprint density at radius 2 is 1.31 bits per heavy atom. The van der Waals surface area contributed by atoms with Crippen molar-refractivity contribution in [3.05, 3.63) is 34.4 Å². The summed E-state index contributed by atoms with van der Waals surface area (Å²) in [4.78, 5) is 10.2. The standard InChI is InChI=1S/C23H38N2O3S/c1-2-3-4-5-6-7-8-9-10-11-12-13-14-15-20-28-23(29)24-21-16-18-22(19-17-21)25(26)27/h16-19H,2-15,20H2,1H3,(H,24,29). The van der Waals surface area contributed by atoms with Crippen LogP contribution < -0.4 is 5.32 Å². The highest BCUT2D eigenvalue weighted by Gasteiger charge is 2.05. The number of non-ortho nitro benzene ring substituents is 1. The lowest BCUT2D eigenvalue weighted by Crippen LogP contribution is -2.14. The molecule has 164 valence electrons. The molecular weight excluding hydrogens is 384 g/mol. The van der Waals surface area contributed by atoms with Crippen LogP contribution in [-0.4, -0.2) is 16.7 Å². The minimum atomic E-state index is -0.422. The van der Waals surface area contributed by atoms with E-state index in [1.807, 2.05) is 0 Å². The van der Waals surface area contributed by atoms with Gasteiger partial charge in [0.05, 0.1) is 11.5 Å². The number of ether oxygens (including phenoxy) is 1. The average Bonchev–Trinajstić information content (AvgIpc) is 2.71. The fraction of sp³-hybridized carbons (Fsp3) is 0.696. The van der Waals surface area contributed by atoms with E-state index in [0.29, 0.717) is 17.5 Å². The molecule has 0 aliphatic rings. The summed E-state index contributed by atoms with van der Waals surface area (Å²) in [6, 6.07) is 6.14. The van der Waals surface area contributed by atoms with Gasteiger partial charge in [-0.2, -0.15) is 0 Å². The molecule has 0 saturated carbocycles. The molecule has 0 aromatic heterocycles. The second-order valence-corrected chi connectivity index (χ2v) is 8.03. The van der Waals surface area contributed by atoms with Crippen LogP contribution >= 0.6 is 12.2 Å². The van der Waals surface area contributed by atoms with Gasteiger partial charge in [-0.15, -0.1) is 0 Å². The molecule has 0 spiro atoms. The number of benzene rings is 1. The second-order valence-electron chi connectivity index (χ2n) is 7.66. The van der Waals surface area contributed by atoms with E-state index in [2.05, 4.69) is 12.2 Å². The second kappa shape index (κ2) is 17.2. The van der Waals surface area contributed by atoms with E-state index in [1.165, 1.54) is 89.2 Å². The van der Waals surface area contributed by atoms with E-state index in [-0.39, 0.29) is 5.69 Å². The van der Waals surface area contributed by atoms with E-state index in [0.717, 1.165) is 12.8 Å². The van der Waals surface area contributed by atoms with Crippen molar-refractivity contribution in [3.8, 4) is 0 Å². The Bertz CT molecular complexity index is 564. The Morgan fingerprint density at radius 1 is 0.862 bits per heavy atom. The van der Waals surface area contributed by atoms with Crippen molar-refractivity contribution in [2.24, 2.45) is 0 Å². The van der Waals surface area contributed by atoms with Gasteiger partial charge in [0, 0.05) is 17.8 Å². The summed E-state index contributed by atoms with van der Waals surface area (Å²) in [5.74, 6) is 0. The summed E-state index contributed by atoms with van der Waals surface area (Å²) in [6.07, 6.45) is 18.6. The van der Waals surface area contributed by atoms with Crippen LogP contribution in [0.1, 0.15) is 96.8 Å². The monoisotopic (exact) mass is 422 g/mol. The molecule has 0 fully saturated rings. The zero-order valence-electron chi connectivity index (χ0n) is 18.0. The predicted molar refractivity (Wildman–Crippen MR) is 126 cm³/mol. The average molecular weight is 423 g/mol. The summed E-state index contributed by atoms with van der Waals surface area (Å²) in [5.41, 5.74) is 0.756. The molecule has 1 aromatic carbocycles. The van der Waals surface area contributed by atoms with E-state index < -0.39 is 4.92 Å². The number of nitro benzene ring substituents is 1. The Labute approximate surface area is 181 Å². The highest BCUT2D eigenvalue weighted by atomic mass is 32.1. The zero-order chi connectivity index (χ0) is 21.2. The zero-order valence-corrected chi connectivity index (χ0v) is 18.8. The van der Waals surface area contributed by atoms with Crippen molar-refractivity contribution in [2.45, 2.75) is 96.8 Å². The molecule has 0 amide bonds. The Morgan fingerprint density at radius 3 is 1.76 bits per heavy atom. The molecule has 29 heavy (non-hydrogen) atoms. The number of nitrogens with zero attached hydrogens (tertiary/aromatic N) is 1. The third-order valence-corrected chi connectivity index (χ3v) is 5.28. The fourth-order valence-corrected chi connectivity index (χ4v) is 3.48. The Kier molecular flexibility index (Phi) is 15.0. The number of hydrogen-bond acceptors (Lipinski definition) is 4. The van der Waals surface area contributed by atoms with Gasteiger partial charge in [0.25, 0.3) is 10.9 Å². The molecule has 0 heterocycles. The van der Waals surface area contributed by atoms with Crippen LogP contribution in [0.4, 0.5) is 11.4 Å².